The summed E-state index contributed by atoms with van der Waals surface area (Å²) in [6.07, 6.45) is 0.465. The molecule has 2 heteroatoms. The van der Waals surface area contributed by atoms with Gasteiger partial charge in [-0.15, -0.1) is 0 Å². The maximum Gasteiger partial charge on any atom is 0.133 e. The number of hydrogen-bond donors (Lipinski definition) is 1. The molecule has 0 bridgehead atoms. The molecule has 0 fully saturated rings. The lowest BCUT2D eigenvalue weighted by Crippen LogP contribution is -1.95. The molecule has 0 amide bonds. The average molecular weight is 142 g/mol. The van der Waals surface area contributed by atoms with Crippen LogP contribution in [0.4, 0.5) is 0 Å². The van der Waals surface area contributed by atoms with E-state index in [0.717, 1.165) is 11.1 Å². The van der Waals surface area contributed by atoms with E-state index in [4.69, 9.17) is 5.11 Å². The van der Waals surface area contributed by atoms with Crippen LogP contribution in [0.3, 0.4) is 0 Å². The van der Waals surface area contributed by atoms with Gasteiger partial charge in [-0.05, 0) is 26.3 Å². The highest BCUT2D eigenvalue weighted by molar-refractivity contribution is 5.78. The molecule has 0 aliphatic rings. The topological polar surface area (TPSA) is 37.3 Å². The van der Waals surface area contributed by atoms with Crippen molar-refractivity contribution in [3.05, 3.63) is 11.1 Å². The van der Waals surface area contributed by atoms with E-state index in [1.54, 1.807) is 6.92 Å². The summed E-state index contributed by atoms with van der Waals surface area (Å²) in [4.78, 5) is 10.6. The molecule has 0 atom stereocenters. The second-order valence-corrected chi connectivity index (χ2v) is 2.60. The Labute approximate surface area is 61.6 Å². The third-order valence-corrected chi connectivity index (χ3v) is 1.48. The van der Waals surface area contributed by atoms with Gasteiger partial charge in [-0.1, -0.05) is 5.57 Å². The highest BCUT2D eigenvalue weighted by Crippen LogP contribution is 2.06. The molecule has 1 N–H and O–H groups in total. The first-order valence-corrected chi connectivity index (χ1v) is 3.33. The number of rotatable bonds is 3. The monoisotopic (exact) mass is 142 g/mol. The van der Waals surface area contributed by atoms with E-state index in [0.29, 0.717) is 6.42 Å². The van der Waals surface area contributed by atoms with E-state index in [1.165, 1.54) is 0 Å². The largest absolute Gasteiger partial charge is 0.392 e. The Balaban J connectivity index is 4.04. The summed E-state index contributed by atoms with van der Waals surface area (Å²) in [6, 6.07) is 0. The molecule has 0 unspecified atom stereocenters. The van der Waals surface area contributed by atoms with Crippen molar-refractivity contribution >= 4 is 5.78 Å². The van der Waals surface area contributed by atoms with Crippen LogP contribution in [0.2, 0.25) is 0 Å². The van der Waals surface area contributed by atoms with Crippen LogP contribution in [0.15, 0.2) is 11.1 Å². The predicted molar refractivity (Wildman–Crippen MR) is 40.8 cm³/mol. The highest BCUT2D eigenvalue weighted by Gasteiger charge is 1.98. The van der Waals surface area contributed by atoms with Gasteiger partial charge >= 0.3 is 0 Å². The van der Waals surface area contributed by atoms with Crippen molar-refractivity contribution in [1.82, 2.24) is 0 Å². The zero-order valence-corrected chi connectivity index (χ0v) is 6.77. The van der Waals surface area contributed by atoms with Gasteiger partial charge in [0, 0.05) is 6.42 Å². The van der Waals surface area contributed by atoms with Crippen LogP contribution in [0.25, 0.3) is 0 Å². The summed E-state index contributed by atoms with van der Waals surface area (Å²) in [5, 5.41) is 8.65. The summed E-state index contributed by atoms with van der Waals surface area (Å²) < 4.78 is 0. The summed E-state index contributed by atoms with van der Waals surface area (Å²) in [5.41, 5.74) is 1.88. The normalized spacial score (nSPS) is 12.8. The fraction of sp³-hybridized carbons (Fsp3) is 0.625. The Hall–Kier alpha value is -0.630. The molecule has 0 aromatic rings. The van der Waals surface area contributed by atoms with E-state index in [9.17, 15) is 4.79 Å². The van der Waals surface area contributed by atoms with Crippen LogP contribution in [0.1, 0.15) is 27.2 Å². The Morgan fingerprint density at radius 2 is 1.70 bits per heavy atom. The molecule has 2 nitrogen and oxygen atoms in total. The molecule has 0 saturated carbocycles. The van der Waals surface area contributed by atoms with Gasteiger partial charge in [-0.2, -0.15) is 0 Å². The molecule has 0 aliphatic carbocycles. The van der Waals surface area contributed by atoms with E-state index < -0.39 is 0 Å². The molecule has 58 valence electrons. The number of aliphatic hydroxyl groups excluding tert-OH is 1. The van der Waals surface area contributed by atoms with Crippen LogP contribution in [0.5, 0.6) is 0 Å². The van der Waals surface area contributed by atoms with Gasteiger partial charge < -0.3 is 5.11 Å². The lowest BCUT2D eigenvalue weighted by molar-refractivity contribution is -0.116. The molecule has 0 spiro atoms. The van der Waals surface area contributed by atoms with Gasteiger partial charge in [-0.3, -0.25) is 4.79 Å². The Morgan fingerprint density at radius 1 is 1.20 bits per heavy atom. The van der Waals surface area contributed by atoms with Crippen molar-refractivity contribution in [2.75, 3.05) is 6.61 Å². The van der Waals surface area contributed by atoms with Gasteiger partial charge in [0.15, 0.2) is 0 Å². The van der Waals surface area contributed by atoms with E-state index in [1.807, 2.05) is 13.8 Å². The van der Waals surface area contributed by atoms with Gasteiger partial charge in [0.05, 0.1) is 6.61 Å². The first kappa shape index (κ1) is 9.37. The zero-order chi connectivity index (χ0) is 8.15. The van der Waals surface area contributed by atoms with Gasteiger partial charge in [0.25, 0.3) is 0 Å². The SMILES string of the molecule is CC(=O)C/C(C)=C(\C)CO. The van der Waals surface area contributed by atoms with E-state index >= 15 is 0 Å². The first-order valence-electron chi connectivity index (χ1n) is 3.33. The molecule has 0 aromatic carbocycles. The molecule has 10 heavy (non-hydrogen) atoms. The Morgan fingerprint density at radius 3 is 2.00 bits per heavy atom. The average Bonchev–Trinajstić information content (AvgIpc) is 1.85. The molecule has 0 rings (SSSR count). The molecule has 0 aliphatic heterocycles. The molecule has 0 aromatic heterocycles. The number of ketones is 1. The van der Waals surface area contributed by atoms with Gasteiger partial charge in [0.2, 0.25) is 0 Å². The minimum Gasteiger partial charge on any atom is -0.392 e. The standard InChI is InChI=1S/C8H14O2/c1-6(4-8(3)10)7(2)5-9/h9H,4-5H2,1-3H3/b7-6+. The minimum absolute atomic E-state index is 0.0547. The van der Waals surface area contributed by atoms with Crippen molar-refractivity contribution in [3.63, 3.8) is 0 Å². The maximum absolute atomic E-state index is 10.6. The minimum atomic E-state index is 0.0547. The van der Waals surface area contributed by atoms with Crippen LogP contribution < -0.4 is 0 Å². The van der Waals surface area contributed by atoms with Crippen LogP contribution >= 0.6 is 0 Å². The quantitative estimate of drug-likeness (QED) is 0.603. The van der Waals surface area contributed by atoms with Crippen molar-refractivity contribution in [1.29, 1.82) is 0 Å². The second kappa shape index (κ2) is 4.23. The lowest BCUT2D eigenvalue weighted by Gasteiger charge is -2.01. The smallest absolute Gasteiger partial charge is 0.133 e. The fourth-order valence-electron chi connectivity index (χ4n) is 0.659. The number of aliphatic hydroxyl groups is 1. The van der Waals surface area contributed by atoms with Crippen LogP contribution in [-0.4, -0.2) is 17.5 Å². The number of carbonyl (C=O) groups is 1. The van der Waals surface area contributed by atoms with E-state index in [-0.39, 0.29) is 12.4 Å². The van der Waals surface area contributed by atoms with Crippen LogP contribution in [-0.2, 0) is 4.79 Å². The van der Waals surface area contributed by atoms with Crippen LogP contribution in [0, 0.1) is 0 Å². The fourth-order valence-corrected chi connectivity index (χ4v) is 0.659. The number of carbonyl (C=O) groups excluding carboxylic acids is 1. The number of hydrogen-bond acceptors (Lipinski definition) is 2. The third kappa shape index (κ3) is 3.41. The van der Waals surface area contributed by atoms with Crippen molar-refractivity contribution in [3.8, 4) is 0 Å². The Bertz CT molecular complexity index is 157. The number of Topliss-reactive ketones (excluding diaryl/α,β-unsaturated/α-hetero) is 1. The van der Waals surface area contributed by atoms with Gasteiger partial charge in [-0.25, -0.2) is 0 Å². The van der Waals surface area contributed by atoms with Crippen molar-refractivity contribution in [2.24, 2.45) is 0 Å². The molecular weight excluding hydrogens is 128 g/mol. The predicted octanol–water partition coefficient (Wildman–Crippen LogP) is 1.29. The molecule has 0 heterocycles. The van der Waals surface area contributed by atoms with E-state index in [2.05, 4.69) is 0 Å². The molecular formula is C8H14O2. The molecule has 0 saturated heterocycles. The summed E-state index contributed by atoms with van der Waals surface area (Å²) >= 11 is 0. The lowest BCUT2D eigenvalue weighted by atomic mass is 10.1. The van der Waals surface area contributed by atoms with Crippen molar-refractivity contribution < 1.29 is 9.90 Å². The first-order chi connectivity index (χ1) is 4.57. The molecule has 0 radical (unpaired) electrons. The summed E-state index contributed by atoms with van der Waals surface area (Å²) in [7, 11) is 0. The number of allylic oxidation sites excluding steroid dienone is 1. The van der Waals surface area contributed by atoms with Crippen molar-refractivity contribution in [2.45, 2.75) is 27.2 Å². The maximum atomic E-state index is 10.6. The summed E-state index contributed by atoms with van der Waals surface area (Å²) in [6.45, 7) is 5.30. The Kier molecular flexibility index (Phi) is 3.96. The van der Waals surface area contributed by atoms with Gasteiger partial charge in [0.1, 0.15) is 5.78 Å². The highest BCUT2D eigenvalue weighted by atomic mass is 16.3. The second-order valence-electron chi connectivity index (χ2n) is 2.60. The zero-order valence-electron chi connectivity index (χ0n) is 6.77. The summed E-state index contributed by atoms with van der Waals surface area (Å²) in [5.74, 6) is 0.144. The third-order valence-electron chi connectivity index (χ3n) is 1.48.